The molecule has 106 valence electrons. The van der Waals surface area contributed by atoms with E-state index in [0.717, 1.165) is 42.5 Å². The highest BCUT2D eigenvalue weighted by Gasteiger charge is 2.19. The highest BCUT2D eigenvalue weighted by Crippen LogP contribution is 2.28. The second-order valence-corrected chi connectivity index (χ2v) is 5.75. The number of rotatable bonds is 6. The molecule has 1 saturated heterocycles. The van der Waals surface area contributed by atoms with E-state index in [1.165, 1.54) is 0 Å². The smallest absolute Gasteiger partial charge is 0.125 e. The van der Waals surface area contributed by atoms with E-state index >= 15 is 0 Å². The van der Waals surface area contributed by atoms with Crippen LogP contribution in [0, 0.1) is 5.92 Å². The molecule has 1 aromatic rings. The molecule has 0 radical (unpaired) electrons. The molecule has 1 heterocycles. The first-order valence-corrected chi connectivity index (χ1v) is 7.27. The van der Waals surface area contributed by atoms with Crippen molar-refractivity contribution in [2.45, 2.75) is 32.9 Å². The van der Waals surface area contributed by atoms with Gasteiger partial charge in [-0.15, -0.1) is 0 Å². The zero-order valence-electron chi connectivity index (χ0n) is 11.6. The fraction of sp³-hybridized carbons (Fsp3) is 0.600. The maximum absolute atomic E-state index is 6.28. The van der Waals surface area contributed by atoms with Gasteiger partial charge in [-0.2, -0.15) is 0 Å². The van der Waals surface area contributed by atoms with Crippen LogP contribution >= 0.6 is 11.6 Å². The minimum Gasteiger partial charge on any atom is -0.488 e. The number of hydrogen-bond donors (Lipinski definition) is 1. The van der Waals surface area contributed by atoms with Crippen molar-refractivity contribution >= 4 is 11.6 Å². The summed E-state index contributed by atoms with van der Waals surface area (Å²) in [7, 11) is 0. The van der Waals surface area contributed by atoms with Crippen LogP contribution in [-0.4, -0.2) is 25.9 Å². The Kier molecular flexibility index (Phi) is 5.49. The molecule has 3 nitrogen and oxygen atoms in total. The van der Waals surface area contributed by atoms with Gasteiger partial charge in [-0.05, 0) is 24.6 Å². The summed E-state index contributed by atoms with van der Waals surface area (Å²) in [6.07, 6.45) is 1.10. The van der Waals surface area contributed by atoms with E-state index in [0.29, 0.717) is 12.5 Å². The molecule has 1 unspecified atom stereocenters. The van der Waals surface area contributed by atoms with E-state index in [2.05, 4.69) is 19.2 Å². The van der Waals surface area contributed by atoms with Crippen molar-refractivity contribution in [3.8, 4) is 5.75 Å². The molecule has 1 aliphatic rings. The minimum atomic E-state index is 0.155. The van der Waals surface area contributed by atoms with E-state index in [1.807, 2.05) is 18.2 Å². The Balaban J connectivity index is 2.02. The van der Waals surface area contributed by atoms with Gasteiger partial charge in [0.1, 0.15) is 11.9 Å². The van der Waals surface area contributed by atoms with Crippen molar-refractivity contribution in [1.29, 1.82) is 0 Å². The molecular weight excluding hydrogens is 262 g/mol. The molecule has 1 N–H and O–H groups in total. The third kappa shape index (κ3) is 4.37. The molecule has 1 atom stereocenters. The molecule has 0 aliphatic carbocycles. The molecule has 0 aromatic heterocycles. The first-order valence-electron chi connectivity index (χ1n) is 6.89. The summed E-state index contributed by atoms with van der Waals surface area (Å²) in [6, 6.07) is 5.82. The monoisotopic (exact) mass is 283 g/mol. The van der Waals surface area contributed by atoms with E-state index in [-0.39, 0.29) is 6.10 Å². The van der Waals surface area contributed by atoms with Gasteiger partial charge in [-0.1, -0.05) is 31.5 Å². The maximum atomic E-state index is 6.28. The average molecular weight is 284 g/mol. The van der Waals surface area contributed by atoms with Crippen LogP contribution in [0.4, 0.5) is 0 Å². The Labute approximate surface area is 120 Å². The molecule has 1 aliphatic heterocycles. The van der Waals surface area contributed by atoms with Gasteiger partial charge < -0.3 is 14.8 Å². The second-order valence-electron chi connectivity index (χ2n) is 5.34. The van der Waals surface area contributed by atoms with Crippen LogP contribution in [0.15, 0.2) is 18.2 Å². The average Bonchev–Trinajstić information content (AvgIpc) is 2.85. The summed E-state index contributed by atoms with van der Waals surface area (Å²) in [5.41, 5.74) is 1.04. The number of hydrogen-bond acceptors (Lipinski definition) is 3. The fourth-order valence-electron chi connectivity index (χ4n) is 2.09. The Hall–Kier alpha value is -0.770. The minimum absolute atomic E-state index is 0.155. The zero-order chi connectivity index (χ0) is 13.7. The normalized spacial score (nSPS) is 19.1. The molecule has 19 heavy (non-hydrogen) atoms. The van der Waals surface area contributed by atoms with E-state index in [1.54, 1.807) is 0 Å². The van der Waals surface area contributed by atoms with Crippen molar-refractivity contribution < 1.29 is 9.47 Å². The molecule has 0 bridgehead atoms. The predicted octanol–water partition coefficient (Wildman–Crippen LogP) is 3.25. The standard InChI is InChI=1S/C15H22ClNO2/c1-11(2)8-17-9-13-14(16)4-3-5-15(13)19-12-6-7-18-10-12/h3-5,11-12,17H,6-10H2,1-2H3. The molecule has 0 amide bonds. The van der Waals surface area contributed by atoms with Gasteiger partial charge in [-0.25, -0.2) is 0 Å². The van der Waals surface area contributed by atoms with Gasteiger partial charge in [-0.3, -0.25) is 0 Å². The molecule has 0 spiro atoms. The SMILES string of the molecule is CC(C)CNCc1c(Cl)cccc1OC1CCOC1. The first kappa shape index (κ1) is 14.6. The quantitative estimate of drug-likeness (QED) is 0.869. The van der Waals surface area contributed by atoms with Gasteiger partial charge in [0.2, 0.25) is 0 Å². The van der Waals surface area contributed by atoms with Gasteiger partial charge in [0.05, 0.1) is 13.2 Å². The highest BCUT2D eigenvalue weighted by molar-refractivity contribution is 6.31. The third-order valence-corrected chi connectivity index (χ3v) is 3.47. The Morgan fingerprint density at radius 2 is 2.32 bits per heavy atom. The van der Waals surface area contributed by atoms with Crippen LogP contribution in [0.25, 0.3) is 0 Å². The summed E-state index contributed by atoms with van der Waals surface area (Å²) in [6.45, 7) is 7.54. The van der Waals surface area contributed by atoms with E-state index < -0.39 is 0 Å². The van der Waals surface area contributed by atoms with Crippen molar-refractivity contribution in [3.63, 3.8) is 0 Å². The second kappa shape index (κ2) is 7.13. The molecular formula is C15H22ClNO2. The number of nitrogens with one attached hydrogen (secondary N) is 1. The maximum Gasteiger partial charge on any atom is 0.125 e. The van der Waals surface area contributed by atoms with Gasteiger partial charge in [0.25, 0.3) is 0 Å². The Morgan fingerprint density at radius 3 is 3.00 bits per heavy atom. The van der Waals surface area contributed by atoms with Crippen molar-refractivity contribution in [1.82, 2.24) is 5.32 Å². The lowest BCUT2D eigenvalue weighted by Gasteiger charge is -2.17. The predicted molar refractivity (Wildman–Crippen MR) is 77.8 cm³/mol. The summed E-state index contributed by atoms with van der Waals surface area (Å²) < 4.78 is 11.3. The fourth-order valence-corrected chi connectivity index (χ4v) is 2.32. The zero-order valence-corrected chi connectivity index (χ0v) is 12.4. The van der Waals surface area contributed by atoms with Crippen LogP contribution < -0.4 is 10.1 Å². The van der Waals surface area contributed by atoms with Crippen LogP contribution in [0.2, 0.25) is 5.02 Å². The van der Waals surface area contributed by atoms with Crippen LogP contribution in [0.5, 0.6) is 5.75 Å². The third-order valence-electron chi connectivity index (χ3n) is 3.11. The largest absolute Gasteiger partial charge is 0.488 e. The summed E-state index contributed by atoms with van der Waals surface area (Å²) in [5.74, 6) is 1.49. The topological polar surface area (TPSA) is 30.5 Å². The van der Waals surface area contributed by atoms with Gasteiger partial charge >= 0.3 is 0 Å². The summed E-state index contributed by atoms with van der Waals surface area (Å²) in [4.78, 5) is 0. The molecule has 2 rings (SSSR count). The van der Waals surface area contributed by atoms with Crippen molar-refractivity contribution in [2.75, 3.05) is 19.8 Å². The van der Waals surface area contributed by atoms with Crippen molar-refractivity contribution in [2.24, 2.45) is 5.92 Å². The lowest BCUT2D eigenvalue weighted by Crippen LogP contribution is -2.21. The van der Waals surface area contributed by atoms with Gasteiger partial charge in [0.15, 0.2) is 0 Å². The number of ether oxygens (including phenoxy) is 2. The van der Waals surface area contributed by atoms with Crippen LogP contribution in [0.3, 0.4) is 0 Å². The molecule has 4 heteroatoms. The van der Waals surface area contributed by atoms with E-state index in [4.69, 9.17) is 21.1 Å². The Bertz CT molecular complexity index is 403. The summed E-state index contributed by atoms with van der Waals surface area (Å²) in [5, 5.41) is 4.17. The van der Waals surface area contributed by atoms with Crippen LogP contribution in [0.1, 0.15) is 25.8 Å². The molecule has 1 aromatic carbocycles. The van der Waals surface area contributed by atoms with Gasteiger partial charge in [0, 0.05) is 23.6 Å². The number of benzene rings is 1. The number of halogens is 1. The lowest BCUT2D eigenvalue weighted by atomic mass is 10.1. The van der Waals surface area contributed by atoms with Crippen LogP contribution in [-0.2, 0) is 11.3 Å². The summed E-state index contributed by atoms with van der Waals surface area (Å²) >= 11 is 6.28. The highest BCUT2D eigenvalue weighted by atomic mass is 35.5. The molecule has 0 saturated carbocycles. The lowest BCUT2D eigenvalue weighted by molar-refractivity contribution is 0.140. The first-order chi connectivity index (χ1) is 9.16. The van der Waals surface area contributed by atoms with E-state index in [9.17, 15) is 0 Å². The molecule has 1 fully saturated rings. The van der Waals surface area contributed by atoms with Crippen molar-refractivity contribution in [3.05, 3.63) is 28.8 Å². The Morgan fingerprint density at radius 1 is 1.47 bits per heavy atom.